The number of benzene rings is 2. The maximum atomic E-state index is 13.1. The van der Waals surface area contributed by atoms with E-state index in [-0.39, 0.29) is 17.4 Å². The molecule has 5 rings (SSSR count). The van der Waals surface area contributed by atoms with Gasteiger partial charge in [-0.1, -0.05) is 0 Å². The summed E-state index contributed by atoms with van der Waals surface area (Å²) < 4.78 is 51.1. The molecule has 1 N–H and O–H groups in total. The van der Waals surface area contributed by atoms with E-state index in [1.165, 1.54) is 12.6 Å². The number of hydrogen-bond donors (Lipinski definition) is 1. The maximum absolute atomic E-state index is 13.1. The van der Waals surface area contributed by atoms with Gasteiger partial charge in [-0.15, -0.1) is 0 Å². The van der Waals surface area contributed by atoms with Crippen molar-refractivity contribution in [1.29, 1.82) is 0 Å². The van der Waals surface area contributed by atoms with Gasteiger partial charge in [0.05, 0.1) is 38.9 Å². The number of nitro benzene ring substituents is 1. The number of anilines is 3. The van der Waals surface area contributed by atoms with Gasteiger partial charge in [-0.2, -0.15) is 33.2 Å². The molecule has 2 aliphatic heterocycles. The number of halogens is 5. The summed E-state index contributed by atoms with van der Waals surface area (Å²) in [5.74, 6) is 1.19. The molecule has 2 aliphatic rings. The monoisotopic (exact) mass is 728 g/mol. The van der Waals surface area contributed by atoms with Crippen LogP contribution in [0.15, 0.2) is 44.4 Å². The fraction of sp³-hybridized carbons (Fsp3) is 0.385. The minimum atomic E-state index is -4.74. The van der Waals surface area contributed by atoms with Gasteiger partial charge in [0, 0.05) is 32.2 Å². The summed E-state index contributed by atoms with van der Waals surface area (Å²) in [6, 6.07) is 5.34. The normalized spacial score (nSPS) is 16.0. The fourth-order valence-corrected chi connectivity index (χ4v) is 5.88. The zero-order chi connectivity index (χ0) is 30.6. The molecular formula is C26H25Br2F3N8O4. The largest absolute Gasteiger partial charge is 0.448 e. The van der Waals surface area contributed by atoms with Gasteiger partial charge in [-0.05, 0) is 81.0 Å². The van der Waals surface area contributed by atoms with Crippen LogP contribution < -0.4 is 20.0 Å². The Morgan fingerprint density at radius 3 is 2.21 bits per heavy atom. The number of ether oxygens (including phenoxy) is 2. The van der Waals surface area contributed by atoms with Crippen LogP contribution in [0.4, 0.5) is 36.7 Å². The van der Waals surface area contributed by atoms with Crippen molar-refractivity contribution in [2.45, 2.75) is 25.4 Å². The van der Waals surface area contributed by atoms with E-state index >= 15 is 0 Å². The highest BCUT2D eigenvalue weighted by molar-refractivity contribution is 9.11. The van der Waals surface area contributed by atoms with E-state index in [1.807, 2.05) is 4.90 Å². The Morgan fingerprint density at radius 2 is 1.60 bits per heavy atom. The summed E-state index contributed by atoms with van der Waals surface area (Å²) in [4.78, 5) is 28.6. The van der Waals surface area contributed by atoms with Crippen molar-refractivity contribution >= 4 is 61.6 Å². The molecule has 0 bridgehead atoms. The molecule has 2 saturated heterocycles. The lowest BCUT2D eigenvalue weighted by atomic mass is 10.1. The Morgan fingerprint density at radius 1 is 0.977 bits per heavy atom. The highest BCUT2D eigenvalue weighted by atomic mass is 79.9. The van der Waals surface area contributed by atoms with Crippen LogP contribution >= 0.6 is 31.9 Å². The average molecular weight is 730 g/mol. The molecule has 17 heteroatoms. The van der Waals surface area contributed by atoms with Crippen molar-refractivity contribution in [2.24, 2.45) is 5.10 Å². The lowest BCUT2D eigenvalue weighted by Gasteiger charge is -2.30. The summed E-state index contributed by atoms with van der Waals surface area (Å²) in [5, 5.41) is 15.7. The fourth-order valence-electron chi connectivity index (χ4n) is 4.49. The van der Waals surface area contributed by atoms with Crippen molar-refractivity contribution in [3.63, 3.8) is 0 Å². The van der Waals surface area contributed by atoms with Gasteiger partial charge >= 0.3 is 11.9 Å². The predicted molar refractivity (Wildman–Crippen MR) is 160 cm³/mol. The van der Waals surface area contributed by atoms with Crippen molar-refractivity contribution in [3.05, 3.63) is 60.5 Å². The lowest BCUT2D eigenvalue weighted by Crippen LogP contribution is -2.38. The number of rotatable bonds is 8. The van der Waals surface area contributed by atoms with E-state index in [0.717, 1.165) is 38.1 Å². The number of hydrazone groups is 1. The van der Waals surface area contributed by atoms with Crippen molar-refractivity contribution in [2.75, 3.05) is 54.6 Å². The van der Waals surface area contributed by atoms with Crippen LogP contribution in [0.25, 0.3) is 0 Å². The summed E-state index contributed by atoms with van der Waals surface area (Å²) in [7, 11) is 0. The first-order valence-electron chi connectivity index (χ1n) is 13.2. The van der Waals surface area contributed by atoms with Crippen LogP contribution in [0, 0.1) is 10.1 Å². The highest BCUT2D eigenvalue weighted by Crippen LogP contribution is 2.42. The summed E-state index contributed by atoms with van der Waals surface area (Å²) in [6.45, 7) is 4.22. The zero-order valence-electron chi connectivity index (χ0n) is 22.5. The third kappa shape index (κ3) is 7.69. The van der Waals surface area contributed by atoms with E-state index in [1.54, 1.807) is 12.1 Å². The standard InChI is InChI=1S/C26H25Br2F3N8O4/c27-18-12-16(13-19(28)22(18)43-21-5-4-17(26(29,30)31)14-20(21)39(40)41)15-32-36-23-33-24(37-6-2-1-3-7-37)35-25(34-23)38-8-10-42-11-9-38/h4-5,12-15H,1-3,6-11H2,(H,33,34,35,36)/b32-15-. The van der Waals surface area contributed by atoms with Crippen LogP contribution in [0.3, 0.4) is 0 Å². The molecule has 43 heavy (non-hydrogen) atoms. The summed E-state index contributed by atoms with van der Waals surface area (Å²) >= 11 is 6.73. The molecule has 2 aromatic carbocycles. The van der Waals surface area contributed by atoms with E-state index in [9.17, 15) is 23.3 Å². The van der Waals surface area contributed by atoms with Crippen molar-refractivity contribution in [1.82, 2.24) is 15.0 Å². The predicted octanol–water partition coefficient (Wildman–Crippen LogP) is 6.39. The lowest BCUT2D eigenvalue weighted by molar-refractivity contribution is -0.385. The number of nitro groups is 1. The van der Waals surface area contributed by atoms with Crippen LogP contribution in [0.1, 0.15) is 30.4 Å². The molecule has 1 aromatic heterocycles. The zero-order valence-corrected chi connectivity index (χ0v) is 25.7. The Labute approximate surface area is 260 Å². The molecule has 3 aromatic rings. The first-order valence-corrected chi connectivity index (χ1v) is 14.8. The van der Waals surface area contributed by atoms with Gasteiger partial charge in [0.25, 0.3) is 0 Å². The van der Waals surface area contributed by atoms with Crippen LogP contribution in [-0.4, -0.2) is 65.5 Å². The quantitative estimate of drug-likeness (QED) is 0.158. The number of alkyl halides is 3. The molecular weight excluding hydrogens is 705 g/mol. The van der Waals surface area contributed by atoms with E-state index in [2.05, 4.69) is 57.3 Å². The Hall–Kier alpha value is -3.57. The molecule has 0 spiro atoms. The summed E-state index contributed by atoms with van der Waals surface area (Å²) in [5.41, 5.74) is 1.50. The van der Waals surface area contributed by atoms with Crippen LogP contribution in [-0.2, 0) is 10.9 Å². The number of hydrogen-bond acceptors (Lipinski definition) is 11. The molecule has 228 valence electrons. The minimum absolute atomic E-state index is 0.131. The van der Waals surface area contributed by atoms with Gasteiger partial charge in [-0.3, -0.25) is 10.1 Å². The number of piperidine rings is 1. The van der Waals surface area contributed by atoms with Gasteiger partial charge in [-0.25, -0.2) is 5.43 Å². The molecule has 2 fully saturated rings. The van der Waals surface area contributed by atoms with E-state index in [0.29, 0.717) is 58.8 Å². The number of nitrogens with one attached hydrogen (secondary N) is 1. The van der Waals surface area contributed by atoms with E-state index < -0.39 is 22.4 Å². The maximum Gasteiger partial charge on any atom is 0.416 e. The van der Waals surface area contributed by atoms with E-state index in [4.69, 9.17) is 14.5 Å². The summed E-state index contributed by atoms with van der Waals surface area (Å²) in [6.07, 6.45) is 0.0758. The molecule has 0 saturated carbocycles. The topological polar surface area (TPSA) is 131 Å². The first kappa shape index (κ1) is 30.9. The second-order valence-electron chi connectivity index (χ2n) is 9.63. The average Bonchev–Trinajstić information content (AvgIpc) is 2.99. The third-order valence-electron chi connectivity index (χ3n) is 6.64. The Bertz CT molecular complexity index is 1460. The van der Waals surface area contributed by atoms with Gasteiger partial charge in [0.2, 0.25) is 23.6 Å². The SMILES string of the molecule is O=[N+]([O-])c1cc(C(F)(F)F)ccc1Oc1c(Br)cc(/C=N\Nc2nc(N3CCCCC3)nc(N3CCOCC3)n2)cc1Br. The molecule has 0 atom stereocenters. The first-order chi connectivity index (χ1) is 20.6. The van der Waals surface area contributed by atoms with Crippen molar-refractivity contribution < 1.29 is 27.6 Å². The second kappa shape index (κ2) is 13.4. The van der Waals surface area contributed by atoms with Gasteiger partial charge in [0.15, 0.2) is 5.75 Å². The molecule has 0 unspecified atom stereocenters. The van der Waals surface area contributed by atoms with Gasteiger partial charge in [0.1, 0.15) is 0 Å². The molecule has 3 heterocycles. The van der Waals surface area contributed by atoms with Crippen molar-refractivity contribution in [3.8, 4) is 11.5 Å². The Kier molecular flexibility index (Phi) is 9.61. The molecule has 0 amide bonds. The number of morpholine rings is 1. The highest BCUT2D eigenvalue weighted by Gasteiger charge is 2.33. The molecule has 0 aliphatic carbocycles. The molecule has 0 radical (unpaired) electrons. The smallest absolute Gasteiger partial charge is 0.416 e. The van der Waals surface area contributed by atoms with Crippen LogP contribution in [0.2, 0.25) is 0 Å². The number of aromatic nitrogens is 3. The second-order valence-corrected chi connectivity index (χ2v) is 11.3. The minimum Gasteiger partial charge on any atom is -0.448 e. The Balaban J connectivity index is 1.34. The number of nitrogens with zero attached hydrogens (tertiary/aromatic N) is 7. The third-order valence-corrected chi connectivity index (χ3v) is 7.82. The van der Waals surface area contributed by atoms with Crippen LogP contribution in [0.5, 0.6) is 11.5 Å². The molecule has 12 nitrogen and oxygen atoms in total. The van der Waals surface area contributed by atoms with Gasteiger partial charge < -0.3 is 19.3 Å².